The number of hydrazine groups is 7. The van der Waals surface area contributed by atoms with Crippen molar-refractivity contribution in [2.45, 2.75) is 109 Å². The van der Waals surface area contributed by atoms with Crippen LogP contribution in [-0.2, 0) is 0 Å². The molecule has 6 aliphatic rings. The predicted octanol–water partition coefficient (Wildman–Crippen LogP) is 2.07. The van der Waals surface area contributed by atoms with Crippen molar-refractivity contribution >= 4 is 0 Å². The predicted molar refractivity (Wildman–Crippen MR) is 145 cm³/mol. The molecule has 0 spiro atoms. The molecule has 8 atom stereocenters. The van der Waals surface area contributed by atoms with Crippen molar-refractivity contribution in [3.8, 4) is 0 Å². The summed E-state index contributed by atoms with van der Waals surface area (Å²) >= 11 is 0. The molecule has 0 aromatic carbocycles. The average molecular weight is 539 g/mol. The molecule has 2 aliphatic carbocycles. The van der Waals surface area contributed by atoms with Gasteiger partial charge in [0.2, 0.25) is 0 Å². The third-order valence-corrected chi connectivity index (χ3v) is 10.2. The minimum atomic E-state index is -0.170. The van der Waals surface area contributed by atoms with E-state index in [0.717, 1.165) is 76.4 Å². The Morgan fingerprint density at radius 2 is 0.895 bits per heavy atom. The maximum absolute atomic E-state index is 10.9. The third-order valence-electron chi connectivity index (χ3n) is 10.2. The summed E-state index contributed by atoms with van der Waals surface area (Å²) in [5.41, 5.74) is 12.7. The van der Waals surface area contributed by atoms with Crippen LogP contribution < -0.4 is 22.1 Å². The van der Waals surface area contributed by atoms with Gasteiger partial charge in [-0.05, 0) is 79.8 Å². The number of hydrogen-bond acceptors (Lipinski definition) is 11. The van der Waals surface area contributed by atoms with Crippen LogP contribution in [0.15, 0.2) is 0 Å². The van der Waals surface area contributed by atoms with Crippen LogP contribution in [0.4, 0.5) is 0 Å². The summed E-state index contributed by atoms with van der Waals surface area (Å²) in [7, 11) is 0. The quantitative estimate of drug-likeness (QED) is 0.245. The molecule has 8 unspecified atom stereocenters. The van der Waals surface area contributed by atoms with E-state index in [-0.39, 0.29) is 12.2 Å². The second kappa shape index (κ2) is 14.5. The Balaban J connectivity index is 1.39. The normalized spacial score (nSPS) is 45.2. The lowest BCUT2D eigenvalue weighted by Gasteiger charge is -2.31. The molecular weight excluding hydrogens is 484 g/mol. The van der Waals surface area contributed by atoms with Gasteiger partial charge in [0.1, 0.15) is 0 Å². The number of aliphatic hydroxyl groups is 2. The first-order chi connectivity index (χ1) is 18.5. The zero-order valence-corrected chi connectivity index (χ0v) is 23.3. The van der Waals surface area contributed by atoms with Gasteiger partial charge in [-0.25, -0.2) is 10.0 Å². The molecule has 6 fully saturated rings. The van der Waals surface area contributed by atoms with Crippen LogP contribution in [0.25, 0.3) is 0 Å². The van der Waals surface area contributed by atoms with Gasteiger partial charge >= 0.3 is 0 Å². The maximum atomic E-state index is 10.9. The molecule has 4 aliphatic heterocycles. The standard InChI is InChI=1S/C27H54N8O3/c36-26-17-22-3-1-21-2-4-23-6-8-25(20-27(37)18-23)11-13-32(12-10-24(19-26)7-5-22)28-29-34-16-15-33(14-9-21)30-35(38)31-34/h21-31,36-38H,1-20H2. The summed E-state index contributed by atoms with van der Waals surface area (Å²) in [5, 5.41) is 39.2. The second-order valence-electron chi connectivity index (χ2n) is 13.1. The molecule has 4 heterocycles. The van der Waals surface area contributed by atoms with E-state index in [1.54, 1.807) is 5.12 Å². The van der Waals surface area contributed by atoms with Crippen LogP contribution in [0.1, 0.15) is 96.3 Å². The monoisotopic (exact) mass is 538 g/mol. The fourth-order valence-corrected chi connectivity index (χ4v) is 7.77. The zero-order chi connectivity index (χ0) is 26.3. The third kappa shape index (κ3) is 9.04. The molecule has 0 aromatic rings. The van der Waals surface area contributed by atoms with Crippen LogP contribution in [0.3, 0.4) is 0 Å². The second-order valence-corrected chi connectivity index (χ2v) is 13.1. The van der Waals surface area contributed by atoms with E-state index in [0.29, 0.717) is 36.1 Å². The maximum Gasteiger partial charge on any atom is 0.0545 e. The number of aliphatic hydroxyl groups excluding tert-OH is 2. The van der Waals surface area contributed by atoms with E-state index in [2.05, 4.69) is 32.2 Å². The SMILES string of the molecule is OC1CC2CCC3CCC4CCC(CCN(CCC(CC2)C1)NNN1CCN(CC3)NN(O)N1)CC(O)C4. The van der Waals surface area contributed by atoms with E-state index in [9.17, 15) is 15.4 Å². The topological polar surface area (TPSA) is 122 Å². The highest BCUT2D eigenvalue weighted by atomic mass is 16.6. The Morgan fingerprint density at radius 3 is 1.45 bits per heavy atom. The minimum absolute atomic E-state index is 0.170. The van der Waals surface area contributed by atoms with Crippen molar-refractivity contribution in [3.05, 3.63) is 0 Å². The minimum Gasteiger partial charge on any atom is -0.393 e. The number of rotatable bonds is 0. The summed E-state index contributed by atoms with van der Waals surface area (Å²) in [4.78, 5) is 0. The van der Waals surface area contributed by atoms with Crippen molar-refractivity contribution in [2.75, 3.05) is 32.7 Å². The first kappa shape index (κ1) is 29.1. The summed E-state index contributed by atoms with van der Waals surface area (Å²) in [6.07, 6.45) is 16.4. The van der Waals surface area contributed by atoms with Crippen molar-refractivity contribution in [3.63, 3.8) is 0 Å². The molecule has 11 nitrogen and oxygen atoms in total. The van der Waals surface area contributed by atoms with Gasteiger partial charge in [0.25, 0.3) is 0 Å². The van der Waals surface area contributed by atoms with Crippen molar-refractivity contribution in [1.82, 2.24) is 42.6 Å². The summed E-state index contributed by atoms with van der Waals surface area (Å²) in [6, 6.07) is 0. The summed E-state index contributed by atoms with van der Waals surface area (Å²) in [6.45, 7) is 4.11. The number of hydrogen-bond donors (Lipinski definition) is 7. The van der Waals surface area contributed by atoms with Crippen molar-refractivity contribution in [2.24, 2.45) is 29.6 Å². The molecule has 0 amide bonds. The van der Waals surface area contributed by atoms with E-state index < -0.39 is 0 Å². The largest absolute Gasteiger partial charge is 0.393 e. The smallest absolute Gasteiger partial charge is 0.0545 e. The lowest BCUT2D eigenvalue weighted by molar-refractivity contribution is -0.258. The molecule has 7 N–H and O–H groups in total. The van der Waals surface area contributed by atoms with Gasteiger partial charge in [-0.3, -0.25) is 5.21 Å². The lowest BCUT2D eigenvalue weighted by atomic mass is 9.83. The Kier molecular flexibility index (Phi) is 11.1. The fourth-order valence-electron chi connectivity index (χ4n) is 7.77. The van der Waals surface area contributed by atoms with Gasteiger partial charge in [-0.1, -0.05) is 51.4 Å². The zero-order valence-electron chi connectivity index (χ0n) is 23.3. The highest BCUT2D eigenvalue weighted by molar-refractivity contribution is 4.81. The first-order valence-corrected chi connectivity index (χ1v) is 15.6. The molecule has 0 radical (unpaired) electrons. The van der Waals surface area contributed by atoms with Gasteiger partial charge in [-0.2, -0.15) is 11.1 Å². The molecule has 6 rings (SSSR count). The Morgan fingerprint density at radius 1 is 0.447 bits per heavy atom. The van der Waals surface area contributed by atoms with E-state index in [4.69, 9.17) is 0 Å². The molecule has 8 bridgehead atoms. The molecule has 38 heavy (non-hydrogen) atoms. The molecule has 2 saturated carbocycles. The molecule has 4 saturated heterocycles. The molecule has 0 aromatic heterocycles. The fraction of sp³-hybridized carbons (Fsp3) is 1.00. The highest BCUT2D eigenvalue weighted by Gasteiger charge is 2.29. The van der Waals surface area contributed by atoms with Gasteiger partial charge < -0.3 is 10.2 Å². The van der Waals surface area contributed by atoms with Crippen LogP contribution in [0.5, 0.6) is 0 Å². The molecule has 11 heteroatoms. The number of fused-ring (bicyclic) bond motifs is 6. The average Bonchev–Trinajstić information content (AvgIpc) is 3.27. The van der Waals surface area contributed by atoms with Gasteiger partial charge in [0.15, 0.2) is 0 Å². The van der Waals surface area contributed by atoms with Crippen molar-refractivity contribution in [1.29, 1.82) is 0 Å². The lowest BCUT2D eigenvalue weighted by Crippen LogP contribution is -2.63. The van der Waals surface area contributed by atoms with Gasteiger partial charge in [0, 0.05) is 32.7 Å². The summed E-state index contributed by atoms with van der Waals surface area (Å²) < 4.78 is 0. The van der Waals surface area contributed by atoms with E-state index in [1.165, 1.54) is 51.4 Å². The van der Waals surface area contributed by atoms with E-state index in [1.807, 2.05) is 0 Å². The van der Waals surface area contributed by atoms with Gasteiger partial charge in [-0.15, -0.1) is 16.2 Å². The van der Waals surface area contributed by atoms with Gasteiger partial charge in [0.05, 0.1) is 12.2 Å². The number of nitrogens with one attached hydrogen (secondary N) is 4. The highest BCUT2D eigenvalue weighted by Crippen LogP contribution is 2.37. The Labute approximate surface area is 229 Å². The Bertz CT molecular complexity index is 563. The molecular formula is C27H54N8O3. The van der Waals surface area contributed by atoms with Crippen LogP contribution in [0, 0.1) is 29.6 Å². The Hall–Kier alpha value is -0.440. The van der Waals surface area contributed by atoms with E-state index >= 15 is 0 Å². The number of nitrogens with zero attached hydrogens (tertiary/aromatic N) is 4. The van der Waals surface area contributed by atoms with Crippen LogP contribution in [-0.4, -0.2) is 80.8 Å². The summed E-state index contributed by atoms with van der Waals surface area (Å²) in [5.74, 6) is 2.96. The van der Waals surface area contributed by atoms with Crippen LogP contribution in [0.2, 0.25) is 0 Å². The van der Waals surface area contributed by atoms with Crippen LogP contribution >= 0.6 is 0 Å². The molecule has 220 valence electrons. The first-order valence-electron chi connectivity index (χ1n) is 15.6. The van der Waals surface area contributed by atoms with Crippen molar-refractivity contribution < 1.29 is 15.4 Å².